The summed E-state index contributed by atoms with van der Waals surface area (Å²) < 4.78 is 31.7. The Bertz CT molecular complexity index is 591. The molecule has 1 aromatic rings. The third kappa shape index (κ3) is 7.49. The fourth-order valence-corrected chi connectivity index (χ4v) is 3.74. The van der Waals surface area contributed by atoms with Crippen LogP contribution in [0.2, 0.25) is 0 Å². The van der Waals surface area contributed by atoms with Gasteiger partial charge in [0.2, 0.25) is 0 Å². The summed E-state index contributed by atoms with van der Waals surface area (Å²) in [4.78, 5) is 0. The van der Waals surface area contributed by atoms with Gasteiger partial charge in [-0.05, 0) is 37.8 Å². The van der Waals surface area contributed by atoms with Crippen molar-refractivity contribution in [2.75, 3.05) is 0 Å². The highest BCUT2D eigenvalue weighted by Crippen LogP contribution is 2.32. The van der Waals surface area contributed by atoms with Crippen LogP contribution in [0.15, 0.2) is 24.3 Å². The highest BCUT2D eigenvalue weighted by atomic mass is 32.2. The van der Waals surface area contributed by atoms with Crippen LogP contribution in [0, 0.1) is 0 Å². The lowest BCUT2D eigenvalue weighted by molar-refractivity contribution is 0.444. The molecule has 1 rings (SSSR count). The maximum atomic E-state index is 11.7. The molecular weight excluding hydrogens is 332 g/mol. The summed E-state index contributed by atoms with van der Waals surface area (Å²) in [5.74, 6) is 0. The molecule has 0 bridgehead atoms. The molecule has 0 aliphatic carbocycles. The van der Waals surface area contributed by atoms with Crippen molar-refractivity contribution < 1.29 is 13.0 Å². The van der Waals surface area contributed by atoms with Crippen LogP contribution in [0.1, 0.15) is 96.1 Å². The van der Waals surface area contributed by atoms with Crippen LogP contribution < -0.4 is 0 Å². The first-order valence-electron chi connectivity index (χ1n) is 9.86. The van der Waals surface area contributed by atoms with Gasteiger partial charge in [-0.3, -0.25) is 4.55 Å². The van der Waals surface area contributed by atoms with Gasteiger partial charge in [0, 0.05) is 0 Å². The van der Waals surface area contributed by atoms with Crippen LogP contribution >= 0.6 is 0 Å². The molecule has 0 spiro atoms. The van der Waals surface area contributed by atoms with Crippen LogP contribution in [0.3, 0.4) is 0 Å². The number of aryl methyl sites for hydroxylation is 1. The average molecular weight is 369 g/mol. The smallest absolute Gasteiger partial charge is 0.274 e. The molecule has 1 aromatic carbocycles. The van der Waals surface area contributed by atoms with Gasteiger partial charge in [0.05, 0.1) is 0 Å². The second kappa shape index (κ2) is 11.0. The normalized spacial score (nSPS) is 12.5. The van der Waals surface area contributed by atoms with Crippen molar-refractivity contribution in [3.8, 4) is 0 Å². The first-order chi connectivity index (χ1) is 11.8. The molecule has 0 saturated heterocycles. The maximum Gasteiger partial charge on any atom is 0.274 e. The second-order valence-electron chi connectivity index (χ2n) is 7.57. The van der Waals surface area contributed by atoms with E-state index in [0.717, 1.165) is 18.4 Å². The van der Waals surface area contributed by atoms with Crippen molar-refractivity contribution in [3.63, 3.8) is 0 Å². The molecule has 3 nitrogen and oxygen atoms in total. The molecule has 0 aromatic heterocycles. The second-order valence-corrected chi connectivity index (χ2v) is 9.55. The molecule has 0 atom stereocenters. The molecule has 0 radical (unpaired) electrons. The Hall–Kier alpha value is -0.870. The van der Waals surface area contributed by atoms with E-state index < -0.39 is 14.9 Å². The summed E-state index contributed by atoms with van der Waals surface area (Å²) in [6.07, 6.45) is 13.7. The number of benzene rings is 1. The van der Waals surface area contributed by atoms with Crippen molar-refractivity contribution in [3.05, 3.63) is 35.4 Å². The van der Waals surface area contributed by atoms with E-state index in [1.807, 2.05) is 24.3 Å². The largest absolute Gasteiger partial charge is 0.285 e. The molecule has 1 N–H and O–H groups in total. The van der Waals surface area contributed by atoms with Crippen LogP contribution in [-0.2, 0) is 21.3 Å². The van der Waals surface area contributed by atoms with E-state index in [9.17, 15) is 13.0 Å². The van der Waals surface area contributed by atoms with Gasteiger partial charge >= 0.3 is 0 Å². The Labute approximate surface area is 155 Å². The molecule has 0 heterocycles. The van der Waals surface area contributed by atoms with E-state index in [1.54, 1.807) is 13.8 Å². The van der Waals surface area contributed by atoms with Crippen molar-refractivity contribution in [2.45, 2.75) is 96.1 Å². The predicted molar refractivity (Wildman–Crippen MR) is 107 cm³/mol. The quantitative estimate of drug-likeness (QED) is 0.329. The van der Waals surface area contributed by atoms with E-state index in [1.165, 1.54) is 57.8 Å². The van der Waals surface area contributed by atoms with Crippen molar-refractivity contribution >= 4 is 10.1 Å². The Morgan fingerprint density at radius 2 is 1.32 bits per heavy atom. The summed E-state index contributed by atoms with van der Waals surface area (Å²) in [6, 6.07) is 7.58. The van der Waals surface area contributed by atoms with E-state index >= 15 is 0 Å². The minimum Gasteiger partial charge on any atom is -0.285 e. The Morgan fingerprint density at radius 1 is 0.840 bits per heavy atom. The fourth-order valence-electron chi connectivity index (χ4n) is 3.27. The predicted octanol–water partition coefficient (Wildman–Crippen LogP) is 6.27. The molecular formula is C21H36O3S. The van der Waals surface area contributed by atoms with Gasteiger partial charge in [-0.2, -0.15) is 8.42 Å². The van der Waals surface area contributed by atoms with Gasteiger partial charge in [-0.1, -0.05) is 89.0 Å². The Balaban J connectivity index is 2.37. The minimum absolute atomic E-state index is 0.716. The summed E-state index contributed by atoms with van der Waals surface area (Å²) in [7, 11) is -4.13. The van der Waals surface area contributed by atoms with Gasteiger partial charge in [0.15, 0.2) is 0 Å². The lowest BCUT2D eigenvalue weighted by atomic mass is 9.93. The zero-order chi connectivity index (χ0) is 18.8. The molecule has 4 heteroatoms. The van der Waals surface area contributed by atoms with Crippen molar-refractivity contribution in [1.29, 1.82) is 0 Å². The van der Waals surface area contributed by atoms with Gasteiger partial charge in [-0.25, -0.2) is 0 Å². The zero-order valence-electron chi connectivity index (χ0n) is 16.3. The lowest BCUT2D eigenvalue weighted by Crippen LogP contribution is -2.29. The topological polar surface area (TPSA) is 54.4 Å². The highest BCUT2D eigenvalue weighted by Gasteiger charge is 2.36. The molecule has 0 fully saturated rings. The number of hydrogen-bond acceptors (Lipinski definition) is 2. The third-order valence-corrected chi connectivity index (χ3v) is 6.62. The molecule has 0 unspecified atom stereocenters. The van der Waals surface area contributed by atoms with Crippen LogP contribution in [0.25, 0.3) is 0 Å². The molecule has 0 amide bonds. The monoisotopic (exact) mass is 368 g/mol. The minimum atomic E-state index is -4.13. The first kappa shape index (κ1) is 22.2. The molecule has 0 aliphatic rings. The van der Waals surface area contributed by atoms with Crippen LogP contribution in [0.4, 0.5) is 0 Å². The van der Waals surface area contributed by atoms with E-state index in [4.69, 9.17) is 0 Å². The summed E-state index contributed by atoms with van der Waals surface area (Å²) in [5, 5.41) is 0. The standard InChI is InChI=1S/C21H36O3S/c1-4-5-6-7-8-9-10-11-12-13-16-19-17-14-15-18-20(19)21(2,3)25(22,23)24/h14-15,17-18H,4-13,16H2,1-3H3,(H,22,23,24). The van der Waals surface area contributed by atoms with E-state index in [2.05, 4.69) is 6.92 Å². The Morgan fingerprint density at radius 3 is 1.84 bits per heavy atom. The molecule has 0 aliphatic heterocycles. The maximum absolute atomic E-state index is 11.7. The molecule has 25 heavy (non-hydrogen) atoms. The van der Waals surface area contributed by atoms with Gasteiger partial charge < -0.3 is 0 Å². The van der Waals surface area contributed by atoms with Crippen LogP contribution in [-0.4, -0.2) is 13.0 Å². The third-order valence-electron chi connectivity index (χ3n) is 5.11. The summed E-state index contributed by atoms with van der Waals surface area (Å²) in [6.45, 7) is 5.38. The average Bonchev–Trinajstić information content (AvgIpc) is 2.56. The van der Waals surface area contributed by atoms with Crippen LogP contribution in [0.5, 0.6) is 0 Å². The van der Waals surface area contributed by atoms with Gasteiger partial charge in [0.25, 0.3) is 10.1 Å². The first-order valence-corrected chi connectivity index (χ1v) is 11.3. The fraction of sp³-hybridized carbons (Fsp3) is 0.714. The Kier molecular flexibility index (Phi) is 9.73. The highest BCUT2D eigenvalue weighted by molar-refractivity contribution is 7.86. The SMILES string of the molecule is CCCCCCCCCCCCc1ccccc1C(C)(C)S(=O)(=O)O. The van der Waals surface area contributed by atoms with Gasteiger partial charge in [-0.15, -0.1) is 0 Å². The van der Waals surface area contributed by atoms with E-state index in [-0.39, 0.29) is 0 Å². The lowest BCUT2D eigenvalue weighted by Gasteiger charge is -2.24. The molecule has 144 valence electrons. The zero-order valence-corrected chi connectivity index (χ0v) is 17.1. The van der Waals surface area contributed by atoms with Crippen molar-refractivity contribution in [2.24, 2.45) is 0 Å². The van der Waals surface area contributed by atoms with E-state index in [0.29, 0.717) is 5.56 Å². The number of rotatable bonds is 13. The summed E-state index contributed by atoms with van der Waals surface area (Å²) in [5.41, 5.74) is 1.75. The van der Waals surface area contributed by atoms with Gasteiger partial charge in [0.1, 0.15) is 4.75 Å². The van der Waals surface area contributed by atoms with Crippen molar-refractivity contribution in [1.82, 2.24) is 0 Å². The number of hydrogen-bond donors (Lipinski definition) is 1. The molecule has 0 saturated carbocycles. The number of unbranched alkanes of at least 4 members (excludes halogenated alkanes) is 9. The summed E-state index contributed by atoms with van der Waals surface area (Å²) >= 11 is 0.